The van der Waals surface area contributed by atoms with Gasteiger partial charge in [-0.2, -0.15) is 10.2 Å². The Bertz CT molecular complexity index is 781. The van der Waals surface area contributed by atoms with Crippen LogP contribution in [0, 0.1) is 0 Å². The lowest BCUT2D eigenvalue weighted by Gasteiger charge is -2.14. The normalized spacial score (nSPS) is 14.1. The minimum absolute atomic E-state index is 0.820. The molecule has 0 bridgehead atoms. The van der Waals surface area contributed by atoms with E-state index in [0.29, 0.717) is 0 Å². The maximum absolute atomic E-state index is 4.69. The largest absolute Gasteiger partial charge is 0.309 e. The molecule has 6 nitrogen and oxygen atoms in total. The van der Waals surface area contributed by atoms with Crippen LogP contribution in [0.15, 0.2) is 42.5 Å². The molecule has 1 aromatic carbocycles. The number of benzene rings is 1. The molecule has 124 valence electrons. The number of H-pyrrole nitrogens is 1. The van der Waals surface area contributed by atoms with Gasteiger partial charge in [0.25, 0.3) is 0 Å². The molecule has 2 N–H and O–H groups in total. The molecule has 0 atom stereocenters. The fourth-order valence-electron chi connectivity index (χ4n) is 3.15. The van der Waals surface area contributed by atoms with E-state index in [9.17, 15) is 0 Å². The van der Waals surface area contributed by atoms with Gasteiger partial charge < -0.3 is 5.32 Å². The molecule has 0 saturated heterocycles. The molecule has 1 aliphatic heterocycles. The standard InChI is InChI=1S/C18H22N6/c1-23(13-16-9-17-11-19-7-8-24(17)22-16)12-15-10-18(21-20-15)14-5-3-2-4-6-14/h2-6,9-10,19H,7-8,11-13H2,1H3,(H,20,21). The second-order valence-electron chi connectivity index (χ2n) is 6.34. The molecule has 4 rings (SSSR count). The first-order chi connectivity index (χ1) is 11.8. The van der Waals surface area contributed by atoms with Gasteiger partial charge in [-0.15, -0.1) is 0 Å². The summed E-state index contributed by atoms with van der Waals surface area (Å²) in [6.07, 6.45) is 0. The van der Waals surface area contributed by atoms with Gasteiger partial charge in [0.1, 0.15) is 0 Å². The molecule has 1 aliphatic rings. The van der Waals surface area contributed by atoms with Crippen LogP contribution in [0.3, 0.4) is 0 Å². The van der Waals surface area contributed by atoms with Crippen molar-refractivity contribution in [2.45, 2.75) is 26.2 Å². The molecular formula is C18H22N6. The van der Waals surface area contributed by atoms with Crippen molar-refractivity contribution in [1.82, 2.24) is 30.2 Å². The Morgan fingerprint density at radius 2 is 2.04 bits per heavy atom. The second-order valence-corrected chi connectivity index (χ2v) is 6.34. The molecule has 24 heavy (non-hydrogen) atoms. The summed E-state index contributed by atoms with van der Waals surface area (Å²) in [6.45, 7) is 4.53. The monoisotopic (exact) mass is 322 g/mol. The number of aromatic nitrogens is 4. The van der Waals surface area contributed by atoms with Crippen LogP contribution in [0.2, 0.25) is 0 Å². The van der Waals surface area contributed by atoms with Gasteiger partial charge in [-0.1, -0.05) is 30.3 Å². The fourth-order valence-corrected chi connectivity index (χ4v) is 3.15. The third-order valence-electron chi connectivity index (χ3n) is 4.29. The van der Waals surface area contributed by atoms with Crippen molar-refractivity contribution in [3.8, 4) is 11.3 Å². The van der Waals surface area contributed by atoms with Crippen LogP contribution in [0.25, 0.3) is 11.3 Å². The van der Waals surface area contributed by atoms with E-state index in [1.54, 1.807) is 0 Å². The molecule has 2 aromatic heterocycles. The zero-order chi connectivity index (χ0) is 16.4. The number of nitrogens with one attached hydrogen (secondary N) is 2. The zero-order valence-corrected chi connectivity index (χ0v) is 13.9. The van der Waals surface area contributed by atoms with Gasteiger partial charge in [0.2, 0.25) is 0 Å². The molecule has 0 saturated carbocycles. The first kappa shape index (κ1) is 15.1. The van der Waals surface area contributed by atoms with Crippen molar-refractivity contribution < 1.29 is 0 Å². The van der Waals surface area contributed by atoms with Crippen molar-refractivity contribution in [2.24, 2.45) is 0 Å². The highest BCUT2D eigenvalue weighted by Crippen LogP contribution is 2.18. The second kappa shape index (κ2) is 6.59. The molecule has 0 fully saturated rings. The summed E-state index contributed by atoms with van der Waals surface area (Å²) in [5.41, 5.74) is 5.64. The molecule has 0 amide bonds. The third-order valence-corrected chi connectivity index (χ3v) is 4.29. The summed E-state index contributed by atoms with van der Waals surface area (Å²) < 4.78 is 2.11. The van der Waals surface area contributed by atoms with Gasteiger partial charge in [-0.05, 0) is 19.2 Å². The molecule has 3 aromatic rings. The minimum atomic E-state index is 0.820. The topological polar surface area (TPSA) is 61.8 Å². The zero-order valence-electron chi connectivity index (χ0n) is 13.9. The van der Waals surface area contributed by atoms with Gasteiger partial charge in [-0.25, -0.2) is 0 Å². The molecule has 6 heteroatoms. The number of hydrogen-bond acceptors (Lipinski definition) is 4. The van der Waals surface area contributed by atoms with Crippen LogP contribution < -0.4 is 5.32 Å². The summed E-state index contributed by atoms with van der Waals surface area (Å²) in [5.74, 6) is 0. The Labute approximate surface area is 141 Å². The van der Waals surface area contributed by atoms with E-state index in [4.69, 9.17) is 5.10 Å². The van der Waals surface area contributed by atoms with E-state index < -0.39 is 0 Å². The summed E-state index contributed by atoms with van der Waals surface area (Å²) in [6, 6.07) is 14.6. The van der Waals surface area contributed by atoms with Crippen molar-refractivity contribution in [1.29, 1.82) is 0 Å². The van der Waals surface area contributed by atoms with Gasteiger partial charge >= 0.3 is 0 Å². The quantitative estimate of drug-likeness (QED) is 0.754. The summed E-state index contributed by atoms with van der Waals surface area (Å²) in [4.78, 5) is 2.25. The molecule has 0 unspecified atom stereocenters. The molecule has 0 aliphatic carbocycles. The number of hydrogen-bond donors (Lipinski definition) is 2. The predicted octanol–water partition coefficient (Wildman–Crippen LogP) is 2.01. The average Bonchev–Trinajstić information content (AvgIpc) is 3.21. The predicted molar refractivity (Wildman–Crippen MR) is 93.1 cm³/mol. The third kappa shape index (κ3) is 3.25. The van der Waals surface area contributed by atoms with Gasteiger partial charge in [0.15, 0.2) is 0 Å². The average molecular weight is 322 g/mol. The van der Waals surface area contributed by atoms with E-state index in [1.807, 2.05) is 18.2 Å². The Balaban J connectivity index is 1.40. The maximum Gasteiger partial charge on any atom is 0.0924 e. The number of aromatic amines is 1. The molecule has 3 heterocycles. The number of rotatable bonds is 5. The molecule has 0 spiro atoms. The van der Waals surface area contributed by atoms with Crippen LogP contribution in [0.5, 0.6) is 0 Å². The lowest BCUT2D eigenvalue weighted by molar-refractivity contribution is 0.309. The first-order valence-electron chi connectivity index (χ1n) is 8.32. The van der Waals surface area contributed by atoms with E-state index in [-0.39, 0.29) is 0 Å². The smallest absolute Gasteiger partial charge is 0.0924 e. The maximum atomic E-state index is 4.69. The van der Waals surface area contributed by atoms with Gasteiger partial charge in [-0.3, -0.25) is 14.7 Å². The number of fused-ring (bicyclic) bond motifs is 1. The molecular weight excluding hydrogens is 300 g/mol. The Hall–Kier alpha value is -2.44. The van der Waals surface area contributed by atoms with Crippen LogP contribution in [0.1, 0.15) is 17.1 Å². The highest BCUT2D eigenvalue weighted by molar-refractivity contribution is 5.58. The highest BCUT2D eigenvalue weighted by Gasteiger charge is 2.13. The van der Waals surface area contributed by atoms with Crippen molar-refractivity contribution in [3.63, 3.8) is 0 Å². The summed E-state index contributed by atoms with van der Waals surface area (Å²) in [7, 11) is 2.11. The lowest BCUT2D eigenvalue weighted by atomic mass is 10.1. The van der Waals surface area contributed by atoms with Crippen molar-refractivity contribution >= 4 is 0 Å². The summed E-state index contributed by atoms with van der Waals surface area (Å²) >= 11 is 0. The van der Waals surface area contributed by atoms with E-state index in [0.717, 1.165) is 55.4 Å². The number of nitrogens with zero attached hydrogens (tertiary/aromatic N) is 4. The van der Waals surface area contributed by atoms with Crippen LogP contribution in [-0.2, 0) is 26.2 Å². The highest BCUT2D eigenvalue weighted by atomic mass is 15.3. The van der Waals surface area contributed by atoms with Crippen LogP contribution in [-0.4, -0.2) is 38.5 Å². The SMILES string of the molecule is CN(Cc1cc2n(n1)CCNC2)Cc1cc(-c2ccccc2)n[nH]1. The van der Waals surface area contributed by atoms with Crippen LogP contribution >= 0.6 is 0 Å². The Kier molecular flexibility index (Phi) is 4.15. The Morgan fingerprint density at radius 1 is 1.17 bits per heavy atom. The van der Waals surface area contributed by atoms with E-state index >= 15 is 0 Å². The van der Waals surface area contributed by atoms with E-state index in [1.165, 1.54) is 5.69 Å². The van der Waals surface area contributed by atoms with Crippen LogP contribution in [0.4, 0.5) is 0 Å². The fraction of sp³-hybridized carbons (Fsp3) is 0.333. The van der Waals surface area contributed by atoms with Crippen molar-refractivity contribution in [2.75, 3.05) is 13.6 Å². The van der Waals surface area contributed by atoms with E-state index in [2.05, 4.69) is 56.4 Å². The summed E-state index contributed by atoms with van der Waals surface area (Å²) in [5, 5.41) is 15.6. The van der Waals surface area contributed by atoms with Crippen molar-refractivity contribution in [3.05, 3.63) is 59.5 Å². The molecule has 0 radical (unpaired) electrons. The van der Waals surface area contributed by atoms with Gasteiger partial charge in [0, 0.05) is 37.4 Å². The Morgan fingerprint density at radius 3 is 2.88 bits per heavy atom. The minimum Gasteiger partial charge on any atom is -0.309 e. The first-order valence-corrected chi connectivity index (χ1v) is 8.32. The lowest BCUT2D eigenvalue weighted by Crippen LogP contribution is -2.28. The van der Waals surface area contributed by atoms with Gasteiger partial charge in [0.05, 0.1) is 23.6 Å².